The zero-order chi connectivity index (χ0) is 37.5. The fourth-order valence-corrected chi connectivity index (χ4v) is 6.11. The van der Waals surface area contributed by atoms with E-state index in [2.05, 4.69) is 31.3 Å². The summed E-state index contributed by atoms with van der Waals surface area (Å²) in [5.74, 6) is -0.341. The van der Waals surface area contributed by atoms with Gasteiger partial charge >= 0.3 is 12.4 Å². The predicted octanol–water partition coefficient (Wildman–Crippen LogP) is 8.87. The van der Waals surface area contributed by atoms with E-state index in [1.54, 1.807) is 72.8 Å². The highest BCUT2D eigenvalue weighted by atomic mass is 79.9. The number of ether oxygens (including phenoxy) is 2. The Morgan fingerprint density at radius 3 is 2.21 bits per heavy atom. The van der Waals surface area contributed by atoms with Crippen molar-refractivity contribution in [1.82, 2.24) is 5.32 Å². The first-order chi connectivity index (χ1) is 24.7. The number of carbonyl (C=O) groups excluding carboxylic acids is 1. The molecule has 0 bridgehead atoms. The molecule has 4 aromatic carbocycles. The molecule has 0 aliphatic carbocycles. The Kier molecular flexibility index (Phi) is 11.8. The summed E-state index contributed by atoms with van der Waals surface area (Å²) in [6.07, 6.45) is -11.1. The Bertz CT molecular complexity index is 1950. The molecule has 5 rings (SSSR count). The predicted molar refractivity (Wildman–Crippen MR) is 182 cm³/mol. The smallest absolute Gasteiger partial charge is 0.416 e. The lowest BCUT2D eigenvalue weighted by atomic mass is 9.80. The van der Waals surface area contributed by atoms with Gasteiger partial charge in [0.2, 0.25) is 5.90 Å². The highest BCUT2D eigenvalue weighted by Crippen LogP contribution is 2.45. The van der Waals surface area contributed by atoms with E-state index in [4.69, 9.17) is 25.1 Å². The van der Waals surface area contributed by atoms with Crippen LogP contribution in [-0.4, -0.2) is 35.7 Å². The molecule has 0 unspecified atom stereocenters. The monoisotopic (exact) mass is 789 g/mol. The Morgan fingerprint density at radius 2 is 1.60 bits per heavy atom. The van der Waals surface area contributed by atoms with Crippen LogP contribution in [0.15, 0.2) is 106 Å². The number of rotatable bonds is 13. The number of carbonyl (C=O) groups is 1. The largest absolute Gasteiger partial charge is 0.494 e. The summed E-state index contributed by atoms with van der Waals surface area (Å²) in [5.41, 5.74) is 5.63. The third-order valence-electron chi connectivity index (χ3n) is 8.19. The highest BCUT2D eigenvalue weighted by Gasteiger charge is 2.54. The van der Waals surface area contributed by atoms with Crippen LogP contribution in [0.4, 0.5) is 26.3 Å². The number of benzene rings is 4. The molecule has 52 heavy (non-hydrogen) atoms. The summed E-state index contributed by atoms with van der Waals surface area (Å²) >= 11 is 3.51. The molecule has 1 amide bonds. The SMILES string of the molecule is [N-]=[N+]=NCc1ccccc1[C@H]1OC(c2ccc(OCCCO)cc2)=N[C@@]1(Cc1ccccc1Br)C(=O)NCc1cc(C(F)(F)F)cc(C(F)(F)F)c1. The maximum absolute atomic E-state index is 14.6. The van der Waals surface area contributed by atoms with Crippen LogP contribution >= 0.6 is 15.9 Å². The lowest BCUT2D eigenvalue weighted by Crippen LogP contribution is -2.50. The fourth-order valence-electron chi connectivity index (χ4n) is 5.69. The van der Waals surface area contributed by atoms with Crippen molar-refractivity contribution in [2.45, 2.75) is 49.9 Å². The van der Waals surface area contributed by atoms with E-state index in [1.807, 2.05) is 0 Å². The zero-order valence-corrected chi connectivity index (χ0v) is 28.7. The van der Waals surface area contributed by atoms with Gasteiger partial charge in [-0.3, -0.25) is 4.79 Å². The molecular formula is C36H30BrF6N5O4. The van der Waals surface area contributed by atoms with E-state index in [9.17, 15) is 31.1 Å². The first-order valence-corrected chi connectivity index (χ1v) is 16.5. The number of amides is 1. The summed E-state index contributed by atoms with van der Waals surface area (Å²) in [6, 6.07) is 21.3. The van der Waals surface area contributed by atoms with Gasteiger partial charge in [0.25, 0.3) is 5.91 Å². The molecule has 1 heterocycles. The van der Waals surface area contributed by atoms with Crippen molar-refractivity contribution in [3.05, 3.63) is 145 Å². The van der Waals surface area contributed by atoms with Crippen molar-refractivity contribution in [3.63, 3.8) is 0 Å². The summed E-state index contributed by atoms with van der Waals surface area (Å²) in [6.45, 7) is -0.618. The molecule has 0 saturated heterocycles. The Morgan fingerprint density at radius 1 is 0.962 bits per heavy atom. The number of azide groups is 1. The Labute approximate surface area is 302 Å². The van der Waals surface area contributed by atoms with Crippen molar-refractivity contribution < 1.29 is 45.7 Å². The summed E-state index contributed by atoms with van der Waals surface area (Å²) < 4.78 is 94.6. The molecule has 272 valence electrons. The van der Waals surface area contributed by atoms with E-state index in [0.717, 1.165) is 0 Å². The molecule has 0 fully saturated rings. The third kappa shape index (κ3) is 8.87. The number of aliphatic hydroxyl groups is 1. The molecule has 0 radical (unpaired) electrons. The van der Waals surface area contributed by atoms with E-state index in [1.165, 1.54) is 0 Å². The third-order valence-corrected chi connectivity index (χ3v) is 8.96. The van der Waals surface area contributed by atoms with Gasteiger partial charge in [0.15, 0.2) is 11.6 Å². The van der Waals surface area contributed by atoms with Crippen LogP contribution < -0.4 is 10.1 Å². The molecule has 0 spiro atoms. The lowest BCUT2D eigenvalue weighted by molar-refractivity contribution is -0.143. The van der Waals surface area contributed by atoms with Crippen LogP contribution in [0.2, 0.25) is 0 Å². The number of aliphatic imine (C=N–C) groups is 1. The molecule has 1 aliphatic rings. The molecule has 2 N–H and O–H groups in total. The molecule has 1 aliphatic heterocycles. The summed E-state index contributed by atoms with van der Waals surface area (Å²) in [5, 5.41) is 15.3. The van der Waals surface area contributed by atoms with Crippen LogP contribution in [0.25, 0.3) is 10.4 Å². The normalized spacial score (nSPS) is 17.2. The Hall–Kier alpha value is -5.05. The first-order valence-electron chi connectivity index (χ1n) is 15.7. The molecular weight excluding hydrogens is 760 g/mol. The summed E-state index contributed by atoms with van der Waals surface area (Å²) in [7, 11) is 0. The van der Waals surface area contributed by atoms with Crippen LogP contribution in [0.3, 0.4) is 0 Å². The molecule has 16 heteroatoms. The number of hydrogen-bond donors (Lipinski definition) is 2. The van der Waals surface area contributed by atoms with Gasteiger partial charge in [-0.05, 0) is 76.3 Å². The quantitative estimate of drug-likeness (QED) is 0.0461. The van der Waals surface area contributed by atoms with Crippen molar-refractivity contribution in [3.8, 4) is 5.75 Å². The average molecular weight is 791 g/mol. The van der Waals surface area contributed by atoms with E-state index in [0.29, 0.717) is 51.0 Å². The van der Waals surface area contributed by atoms with Gasteiger partial charge in [-0.1, -0.05) is 63.5 Å². The number of alkyl halides is 6. The number of nitrogens with one attached hydrogen (secondary N) is 1. The summed E-state index contributed by atoms with van der Waals surface area (Å²) in [4.78, 5) is 22.3. The average Bonchev–Trinajstić information content (AvgIpc) is 3.50. The van der Waals surface area contributed by atoms with Gasteiger partial charge < -0.3 is 19.9 Å². The zero-order valence-electron chi connectivity index (χ0n) is 27.1. The minimum absolute atomic E-state index is 0.0146. The van der Waals surface area contributed by atoms with Gasteiger partial charge in [-0.15, -0.1) is 0 Å². The van der Waals surface area contributed by atoms with Crippen LogP contribution in [0.1, 0.15) is 51.5 Å². The number of aliphatic hydroxyl groups excluding tert-OH is 1. The molecule has 0 saturated carbocycles. The van der Waals surface area contributed by atoms with Crippen molar-refractivity contribution in [1.29, 1.82) is 0 Å². The van der Waals surface area contributed by atoms with Gasteiger partial charge in [0.05, 0.1) is 24.3 Å². The van der Waals surface area contributed by atoms with E-state index in [-0.39, 0.29) is 38.1 Å². The fraction of sp³-hybridized carbons (Fsp3) is 0.278. The molecule has 9 nitrogen and oxygen atoms in total. The van der Waals surface area contributed by atoms with Crippen molar-refractivity contribution >= 4 is 27.7 Å². The minimum Gasteiger partial charge on any atom is -0.494 e. The van der Waals surface area contributed by atoms with Crippen LogP contribution in [0, 0.1) is 0 Å². The molecule has 2 atom stereocenters. The standard InChI is InChI=1S/C36H30BrF6N5O4/c37-30-9-4-2-6-24(30)19-34(33(50)45-20-22-16-26(35(38,39)40)18-27(17-22)36(41,42)43)31(29-8-3-1-7-25(29)21-46-48-44)52-32(47-34)23-10-12-28(13-11-23)51-15-5-14-49/h1-4,6-13,16-18,31,49H,5,14-15,19-21H2,(H,45,50)/t31-,34-/m1/s1. The van der Waals surface area contributed by atoms with Gasteiger partial charge in [0, 0.05) is 40.9 Å². The minimum atomic E-state index is -5.08. The number of nitrogens with zero attached hydrogens (tertiary/aromatic N) is 4. The van der Waals surface area contributed by atoms with Gasteiger partial charge in [-0.2, -0.15) is 26.3 Å². The first kappa shape index (κ1) is 38.2. The highest BCUT2D eigenvalue weighted by molar-refractivity contribution is 9.10. The van der Waals surface area contributed by atoms with Crippen molar-refractivity contribution in [2.24, 2.45) is 10.1 Å². The second kappa shape index (κ2) is 16.1. The number of halogens is 7. The maximum atomic E-state index is 14.6. The second-order valence-electron chi connectivity index (χ2n) is 11.7. The lowest BCUT2D eigenvalue weighted by Gasteiger charge is -2.32. The number of hydrogen-bond acceptors (Lipinski definition) is 6. The van der Waals surface area contributed by atoms with Gasteiger partial charge in [0.1, 0.15) is 5.75 Å². The van der Waals surface area contributed by atoms with Crippen LogP contribution in [0.5, 0.6) is 5.75 Å². The maximum Gasteiger partial charge on any atom is 0.416 e. The topological polar surface area (TPSA) is 129 Å². The second-order valence-corrected chi connectivity index (χ2v) is 12.6. The van der Waals surface area contributed by atoms with Crippen molar-refractivity contribution in [2.75, 3.05) is 13.2 Å². The molecule has 0 aromatic heterocycles. The van der Waals surface area contributed by atoms with Crippen LogP contribution in [-0.2, 0) is 41.4 Å². The molecule has 4 aromatic rings. The van der Waals surface area contributed by atoms with Gasteiger partial charge in [-0.25, -0.2) is 4.99 Å². The van der Waals surface area contributed by atoms with E-state index >= 15 is 0 Å². The van der Waals surface area contributed by atoms with E-state index < -0.39 is 53.1 Å². The Balaban J connectivity index is 1.63.